The highest BCUT2D eigenvalue weighted by Gasteiger charge is 2.27. The maximum absolute atomic E-state index is 12.8. The molecule has 0 saturated carbocycles. The van der Waals surface area contributed by atoms with E-state index in [1.807, 2.05) is 30.3 Å². The number of likely N-dealkylation sites (tertiary alicyclic amines) is 1. The van der Waals surface area contributed by atoms with E-state index in [9.17, 15) is 4.79 Å². The van der Waals surface area contributed by atoms with Gasteiger partial charge in [0.05, 0.1) is 31.5 Å². The second-order valence-electron chi connectivity index (χ2n) is 7.60. The summed E-state index contributed by atoms with van der Waals surface area (Å²) < 4.78 is 16.0. The van der Waals surface area contributed by atoms with E-state index in [4.69, 9.17) is 25.6 Å². The van der Waals surface area contributed by atoms with Crippen LogP contribution in [0.5, 0.6) is 11.5 Å². The van der Waals surface area contributed by atoms with Crippen molar-refractivity contribution >= 4 is 23.2 Å². The van der Waals surface area contributed by atoms with Gasteiger partial charge in [0.15, 0.2) is 0 Å². The third-order valence-corrected chi connectivity index (χ3v) is 5.84. The van der Waals surface area contributed by atoms with Crippen LogP contribution in [-0.4, -0.2) is 48.3 Å². The Kier molecular flexibility index (Phi) is 6.92. The van der Waals surface area contributed by atoms with Gasteiger partial charge in [0.25, 0.3) is 0 Å². The fourth-order valence-corrected chi connectivity index (χ4v) is 3.99. The molecule has 2 aromatic carbocycles. The molecule has 1 aliphatic rings. The van der Waals surface area contributed by atoms with E-state index >= 15 is 0 Å². The molecular weight excluding hydrogens is 432 g/mol. The molecule has 0 atom stereocenters. The van der Waals surface area contributed by atoms with Gasteiger partial charge in [-0.25, -0.2) is 0 Å². The summed E-state index contributed by atoms with van der Waals surface area (Å²) in [5.41, 5.74) is 1.47. The van der Waals surface area contributed by atoms with E-state index in [2.05, 4.69) is 20.4 Å². The Morgan fingerprint density at radius 1 is 1.16 bits per heavy atom. The number of piperidine rings is 1. The molecule has 4 rings (SSSR count). The van der Waals surface area contributed by atoms with Gasteiger partial charge in [-0.2, -0.15) is 4.98 Å². The van der Waals surface area contributed by atoms with Crippen molar-refractivity contribution in [2.45, 2.75) is 19.4 Å². The number of methoxy groups -OCH3 is 2. The number of benzene rings is 2. The van der Waals surface area contributed by atoms with E-state index in [-0.39, 0.29) is 11.8 Å². The van der Waals surface area contributed by atoms with Crippen molar-refractivity contribution in [3.8, 4) is 22.9 Å². The molecule has 1 N–H and O–H groups in total. The number of anilines is 1. The number of nitrogens with one attached hydrogen (secondary N) is 1. The number of rotatable bonds is 7. The van der Waals surface area contributed by atoms with Gasteiger partial charge in [0.2, 0.25) is 17.6 Å². The van der Waals surface area contributed by atoms with Crippen LogP contribution in [-0.2, 0) is 11.3 Å². The largest absolute Gasteiger partial charge is 0.495 e. The topological polar surface area (TPSA) is 89.7 Å². The van der Waals surface area contributed by atoms with Crippen LogP contribution >= 0.6 is 11.6 Å². The Labute approximate surface area is 191 Å². The van der Waals surface area contributed by atoms with Crippen LogP contribution in [0.1, 0.15) is 18.7 Å². The van der Waals surface area contributed by atoms with Crippen LogP contribution in [0, 0.1) is 5.92 Å². The van der Waals surface area contributed by atoms with Crippen LogP contribution in [0.3, 0.4) is 0 Å². The maximum Gasteiger partial charge on any atom is 0.241 e. The van der Waals surface area contributed by atoms with Gasteiger partial charge in [0, 0.05) is 23.6 Å². The molecular formula is C23H25ClN4O4. The highest BCUT2D eigenvalue weighted by Crippen LogP contribution is 2.36. The number of ether oxygens (including phenoxy) is 2. The summed E-state index contributed by atoms with van der Waals surface area (Å²) in [5.74, 6) is 1.99. The first-order valence-corrected chi connectivity index (χ1v) is 10.8. The lowest BCUT2D eigenvalue weighted by molar-refractivity contribution is -0.121. The first-order valence-electron chi connectivity index (χ1n) is 10.4. The summed E-state index contributed by atoms with van der Waals surface area (Å²) in [4.78, 5) is 19.6. The third kappa shape index (κ3) is 5.03. The van der Waals surface area contributed by atoms with Gasteiger partial charge >= 0.3 is 0 Å². The first-order chi connectivity index (χ1) is 15.6. The molecule has 1 saturated heterocycles. The normalized spacial score (nSPS) is 14.8. The van der Waals surface area contributed by atoms with Gasteiger partial charge in [-0.3, -0.25) is 9.69 Å². The van der Waals surface area contributed by atoms with E-state index in [0.29, 0.717) is 40.5 Å². The van der Waals surface area contributed by atoms with Crippen molar-refractivity contribution in [3.63, 3.8) is 0 Å². The second-order valence-corrected chi connectivity index (χ2v) is 8.01. The average molecular weight is 457 g/mol. The Balaban J connectivity index is 1.32. The minimum absolute atomic E-state index is 0.0449. The molecule has 0 aliphatic carbocycles. The zero-order chi connectivity index (χ0) is 22.5. The van der Waals surface area contributed by atoms with Crippen LogP contribution in [0.25, 0.3) is 11.4 Å². The Morgan fingerprint density at radius 3 is 2.56 bits per heavy atom. The lowest BCUT2D eigenvalue weighted by Crippen LogP contribution is -2.37. The number of aromatic nitrogens is 2. The second kappa shape index (κ2) is 10.0. The molecule has 32 heavy (non-hydrogen) atoms. The van der Waals surface area contributed by atoms with Crippen molar-refractivity contribution < 1.29 is 18.8 Å². The molecule has 0 radical (unpaired) electrons. The van der Waals surface area contributed by atoms with E-state index in [0.717, 1.165) is 31.5 Å². The fraction of sp³-hybridized carbons (Fsp3) is 0.348. The van der Waals surface area contributed by atoms with Crippen molar-refractivity contribution in [2.75, 3.05) is 32.6 Å². The number of hydrogen-bond acceptors (Lipinski definition) is 7. The number of carbonyl (C=O) groups excluding carboxylic acids is 1. The van der Waals surface area contributed by atoms with Crippen LogP contribution < -0.4 is 14.8 Å². The van der Waals surface area contributed by atoms with Gasteiger partial charge < -0.3 is 19.3 Å². The molecule has 9 heteroatoms. The fourth-order valence-electron chi connectivity index (χ4n) is 3.76. The van der Waals surface area contributed by atoms with Crippen molar-refractivity contribution in [2.24, 2.45) is 5.92 Å². The SMILES string of the molecule is COc1cc(NC(=O)C2CCN(Cc3nc(-c4ccccc4)no3)CC2)c(OC)cc1Cl. The van der Waals surface area contributed by atoms with Crippen molar-refractivity contribution in [1.29, 1.82) is 0 Å². The Bertz CT molecular complexity index is 1070. The van der Waals surface area contributed by atoms with E-state index in [1.165, 1.54) is 14.2 Å². The summed E-state index contributed by atoms with van der Waals surface area (Å²) in [6.07, 6.45) is 1.47. The molecule has 0 bridgehead atoms. The summed E-state index contributed by atoms with van der Waals surface area (Å²) in [5, 5.41) is 7.45. The highest BCUT2D eigenvalue weighted by molar-refractivity contribution is 6.32. The quantitative estimate of drug-likeness (QED) is 0.568. The maximum atomic E-state index is 12.8. The number of amides is 1. The molecule has 168 valence electrons. The number of hydrogen-bond donors (Lipinski definition) is 1. The molecule has 1 aliphatic heterocycles. The monoisotopic (exact) mass is 456 g/mol. The van der Waals surface area contributed by atoms with Crippen molar-refractivity contribution in [1.82, 2.24) is 15.0 Å². The first kappa shape index (κ1) is 22.1. The molecule has 1 aromatic heterocycles. The van der Waals surface area contributed by atoms with Gasteiger partial charge in [0.1, 0.15) is 11.5 Å². The molecule has 0 unspecified atom stereocenters. The zero-order valence-electron chi connectivity index (χ0n) is 18.0. The summed E-state index contributed by atoms with van der Waals surface area (Å²) in [6.45, 7) is 2.10. The summed E-state index contributed by atoms with van der Waals surface area (Å²) in [7, 11) is 3.06. The van der Waals surface area contributed by atoms with Crippen LogP contribution in [0.15, 0.2) is 47.0 Å². The number of carbonyl (C=O) groups is 1. The molecule has 2 heterocycles. The van der Waals surface area contributed by atoms with Crippen LogP contribution in [0.2, 0.25) is 5.02 Å². The Morgan fingerprint density at radius 2 is 1.88 bits per heavy atom. The molecule has 1 amide bonds. The predicted molar refractivity (Wildman–Crippen MR) is 121 cm³/mol. The minimum atomic E-state index is -0.0970. The van der Waals surface area contributed by atoms with E-state index < -0.39 is 0 Å². The standard InChI is InChI=1S/C23H25ClN4O4/c1-30-19-13-18(20(31-2)12-17(19)24)25-23(29)16-8-10-28(11-9-16)14-21-26-22(27-32-21)15-6-4-3-5-7-15/h3-7,12-13,16H,8-11,14H2,1-2H3,(H,25,29). The average Bonchev–Trinajstić information content (AvgIpc) is 3.29. The Hall–Kier alpha value is -3.10. The van der Waals surface area contributed by atoms with Gasteiger partial charge in [-0.15, -0.1) is 0 Å². The molecule has 8 nitrogen and oxygen atoms in total. The predicted octanol–water partition coefficient (Wildman–Crippen LogP) is 4.26. The number of nitrogens with zero attached hydrogens (tertiary/aromatic N) is 3. The zero-order valence-corrected chi connectivity index (χ0v) is 18.8. The number of halogens is 1. The lowest BCUT2D eigenvalue weighted by Gasteiger charge is -2.30. The van der Waals surface area contributed by atoms with Crippen molar-refractivity contribution in [3.05, 3.63) is 53.4 Å². The summed E-state index contributed by atoms with van der Waals surface area (Å²) >= 11 is 6.14. The molecule has 3 aromatic rings. The minimum Gasteiger partial charge on any atom is -0.495 e. The van der Waals surface area contributed by atoms with Gasteiger partial charge in [-0.1, -0.05) is 47.1 Å². The molecule has 0 spiro atoms. The molecule has 1 fully saturated rings. The van der Waals surface area contributed by atoms with Crippen LogP contribution in [0.4, 0.5) is 5.69 Å². The summed E-state index contributed by atoms with van der Waals surface area (Å²) in [6, 6.07) is 13.0. The third-order valence-electron chi connectivity index (χ3n) is 5.55. The highest BCUT2D eigenvalue weighted by atomic mass is 35.5. The smallest absolute Gasteiger partial charge is 0.241 e. The lowest BCUT2D eigenvalue weighted by atomic mass is 9.95. The van der Waals surface area contributed by atoms with Gasteiger partial charge in [-0.05, 0) is 25.9 Å². The van der Waals surface area contributed by atoms with E-state index in [1.54, 1.807) is 12.1 Å².